The number of carbonyl (C=O) groups excluding carboxylic acids is 1. The van der Waals surface area contributed by atoms with Gasteiger partial charge in [-0.15, -0.1) is 0 Å². The van der Waals surface area contributed by atoms with Gasteiger partial charge in [-0.1, -0.05) is 0 Å². The molecule has 1 unspecified atom stereocenters. The van der Waals surface area contributed by atoms with Crippen LogP contribution in [0.2, 0.25) is 0 Å². The molecule has 0 spiro atoms. The van der Waals surface area contributed by atoms with E-state index in [1.165, 1.54) is 19.1 Å². The third-order valence-electron chi connectivity index (χ3n) is 2.93. The fraction of sp³-hybridized carbons (Fsp3) is 0.667. The lowest BCUT2D eigenvalue weighted by atomic mass is 10.00. The maximum Gasteiger partial charge on any atom is 0.360 e. The number of aromatic nitrogens is 1. The van der Waals surface area contributed by atoms with Crippen molar-refractivity contribution in [3.63, 3.8) is 0 Å². The van der Waals surface area contributed by atoms with Gasteiger partial charge >= 0.3 is 5.97 Å². The van der Waals surface area contributed by atoms with Crippen LogP contribution in [0.5, 0.6) is 0 Å². The first kappa shape index (κ1) is 12.9. The lowest BCUT2D eigenvalue weighted by Gasteiger charge is -2.22. The summed E-state index contributed by atoms with van der Waals surface area (Å²) in [6.45, 7) is 5.01. The van der Waals surface area contributed by atoms with Gasteiger partial charge < -0.3 is 19.8 Å². The number of nitrogens with zero attached hydrogens (tertiary/aromatic N) is 1. The van der Waals surface area contributed by atoms with Crippen LogP contribution < -0.4 is 10.6 Å². The number of carbonyl (C=O) groups is 1. The molecule has 0 radical (unpaired) electrons. The van der Waals surface area contributed by atoms with Gasteiger partial charge in [0.15, 0.2) is 5.69 Å². The van der Waals surface area contributed by atoms with Crippen molar-refractivity contribution in [3.05, 3.63) is 12.0 Å². The van der Waals surface area contributed by atoms with E-state index in [1.54, 1.807) is 6.92 Å². The van der Waals surface area contributed by atoms with Crippen molar-refractivity contribution < 1.29 is 13.9 Å². The minimum atomic E-state index is -0.450. The second kappa shape index (κ2) is 6.39. The molecule has 1 aliphatic rings. The molecule has 1 aliphatic heterocycles. The van der Waals surface area contributed by atoms with Gasteiger partial charge in [-0.25, -0.2) is 4.79 Å². The van der Waals surface area contributed by atoms with Crippen molar-refractivity contribution in [2.45, 2.75) is 19.8 Å². The highest BCUT2D eigenvalue weighted by Crippen LogP contribution is 2.13. The Labute approximate surface area is 106 Å². The molecule has 0 saturated carbocycles. The van der Waals surface area contributed by atoms with Crippen molar-refractivity contribution >= 4 is 12.0 Å². The van der Waals surface area contributed by atoms with E-state index in [2.05, 4.69) is 15.6 Å². The summed E-state index contributed by atoms with van der Waals surface area (Å²) in [5, 5.41) is 6.45. The van der Waals surface area contributed by atoms with Crippen molar-refractivity contribution in [3.8, 4) is 0 Å². The van der Waals surface area contributed by atoms with Crippen LogP contribution in [-0.4, -0.2) is 37.2 Å². The second-order valence-electron chi connectivity index (χ2n) is 4.35. The fourth-order valence-corrected chi connectivity index (χ4v) is 1.98. The zero-order valence-corrected chi connectivity index (χ0v) is 10.6. The number of hydrogen-bond donors (Lipinski definition) is 2. The predicted molar refractivity (Wildman–Crippen MR) is 66.5 cm³/mol. The van der Waals surface area contributed by atoms with Crippen molar-refractivity contribution in [2.75, 3.05) is 31.6 Å². The molecule has 18 heavy (non-hydrogen) atoms. The zero-order chi connectivity index (χ0) is 12.8. The first-order valence-corrected chi connectivity index (χ1v) is 6.37. The average Bonchev–Trinajstić information content (AvgIpc) is 2.87. The van der Waals surface area contributed by atoms with Gasteiger partial charge in [-0.2, -0.15) is 4.98 Å². The number of ether oxygens (including phenoxy) is 1. The van der Waals surface area contributed by atoms with E-state index in [1.807, 2.05) is 0 Å². The molecule has 0 aromatic carbocycles. The van der Waals surface area contributed by atoms with Crippen molar-refractivity contribution in [2.24, 2.45) is 5.92 Å². The van der Waals surface area contributed by atoms with E-state index < -0.39 is 5.97 Å². The Bertz CT molecular complexity index is 386. The third kappa shape index (κ3) is 3.46. The molecule has 100 valence electrons. The molecule has 6 heteroatoms. The number of oxazole rings is 1. The molecule has 0 bridgehead atoms. The highest BCUT2D eigenvalue weighted by atomic mass is 16.5. The van der Waals surface area contributed by atoms with E-state index in [0.717, 1.165) is 19.6 Å². The van der Waals surface area contributed by atoms with Crippen LogP contribution in [0.25, 0.3) is 0 Å². The predicted octanol–water partition coefficient (Wildman–Crippen LogP) is 1.26. The smallest absolute Gasteiger partial charge is 0.360 e. The average molecular weight is 253 g/mol. The van der Waals surface area contributed by atoms with Gasteiger partial charge in [0.1, 0.15) is 6.26 Å². The number of nitrogens with one attached hydrogen (secondary N) is 2. The summed E-state index contributed by atoms with van der Waals surface area (Å²) in [6.07, 6.45) is 3.72. The molecule has 6 nitrogen and oxygen atoms in total. The van der Waals surface area contributed by atoms with Crippen LogP contribution in [0.1, 0.15) is 30.3 Å². The van der Waals surface area contributed by atoms with E-state index in [0.29, 0.717) is 18.5 Å². The lowest BCUT2D eigenvalue weighted by molar-refractivity contribution is 0.0519. The maximum atomic E-state index is 11.4. The van der Waals surface area contributed by atoms with Gasteiger partial charge in [-0.05, 0) is 38.8 Å². The summed E-state index contributed by atoms with van der Waals surface area (Å²) in [4.78, 5) is 15.4. The molecule has 0 aliphatic carbocycles. The molecule has 2 N–H and O–H groups in total. The fourth-order valence-electron chi connectivity index (χ4n) is 1.98. The minimum Gasteiger partial charge on any atom is -0.461 e. The first-order valence-electron chi connectivity index (χ1n) is 6.37. The largest absolute Gasteiger partial charge is 0.461 e. The SMILES string of the molecule is CCOC(=O)c1coc(NCC2CCCNC2)n1. The molecule has 2 heterocycles. The van der Waals surface area contributed by atoms with Gasteiger partial charge in [0.25, 0.3) is 6.01 Å². The minimum absolute atomic E-state index is 0.209. The highest BCUT2D eigenvalue weighted by molar-refractivity contribution is 5.87. The Kier molecular flexibility index (Phi) is 4.58. The van der Waals surface area contributed by atoms with Gasteiger partial charge in [0.05, 0.1) is 6.61 Å². The van der Waals surface area contributed by atoms with E-state index in [9.17, 15) is 4.79 Å². The summed E-state index contributed by atoms with van der Waals surface area (Å²) in [5.41, 5.74) is 0.209. The van der Waals surface area contributed by atoms with Crippen LogP contribution in [0.4, 0.5) is 6.01 Å². The number of hydrogen-bond acceptors (Lipinski definition) is 6. The molecule has 1 aromatic heterocycles. The molecule has 1 saturated heterocycles. The monoisotopic (exact) mass is 253 g/mol. The van der Waals surface area contributed by atoms with Crippen LogP contribution in [-0.2, 0) is 4.74 Å². The Morgan fingerprint density at radius 2 is 2.61 bits per heavy atom. The summed E-state index contributed by atoms with van der Waals surface area (Å²) in [5.74, 6) is 0.130. The van der Waals surface area contributed by atoms with E-state index >= 15 is 0 Å². The molecular weight excluding hydrogens is 234 g/mol. The summed E-state index contributed by atoms with van der Waals surface area (Å²) < 4.78 is 10.0. The van der Waals surface area contributed by atoms with Crippen LogP contribution in [0.15, 0.2) is 10.7 Å². The standard InChI is InChI=1S/C12H19N3O3/c1-2-17-11(16)10-8-18-12(15-10)14-7-9-4-3-5-13-6-9/h8-9,13H,2-7H2,1H3,(H,14,15). The molecule has 0 amide bonds. The Hall–Kier alpha value is -1.56. The quantitative estimate of drug-likeness (QED) is 0.769. The van der Waals surface area contributed by atoms with Gasteiger partial charge in [0, 0.05) is 6.54 Å². The van der Waals surface area contributed by atoms with Crippen LogP contribution in [0, 0.1) is 5.92 Å². The van der Waals surface area contributed by atoms with E-state index in [-0.39, 0.29) is 5.69 Å². The van der Waals surface area contributed by atoms with Gasteiger partial charge in [-0.3, -0.25) is 0 Å². The lowest BCUT2D eigenvalue weighted by Crippen LogP contribution is -2.33. The van der Waals surface area contributed by atoms with Gasteiger partial charge in [0.2, 0.25) is 0 Å². The van der Waals surface area contributed by atoms with E-state index in [4.69, 9.17) is 9.15 Å². The third-order valence-corrected chi connectivity index (χ3v) is 2.93. The normalized spacial score (nSPS) is 19.5. The Morgan fingerprint density at radius 1 is 1.72 bits per heavy atom. The number of piperidine rings is 1. The van der Waals surface area contributed by atoms with Crippen molar-refractivity contribution in [1.82, 2.24) is 10.3 Å². The molecule has 1 atom stereocenters. The molecule has 1 aromatic rings. The number of rotatable bonds is 5. The topological polar surface area (TPSA) is 76.4 Å². The second-order valence-corrected chi connectivity index (χ2v) is 4.35. The summed E-state index contributed by atoms with van der Waals surface area (Å²) in [7, 11) is 0. The Balaban J connectivity index is 1.80. The first-order chi connectivity index (χ1) is 8.79. The summed E-state index contributed by atoms with van der Waals surface area (Å²) >= 11 is 0. The number of esters is 1. The molecule has 1 fully saturated rings. The molecular formula is C12H19N3O3. The summed E-state index contributed by atoms with van der Waals surface area (Å²) in [6, 6.07) is 0.378. The van der Waals surface area contributed by atoms with Crippen LogP contribution in [0.3, 0.4) is 0 Å². The highest BCUT2D eigenvalue weighted by Gasteiger charge is 2.16. The molecule has 2 rings (SSSR count). The Morgan fingerprint density at radius 3 is 3.33 bits per heavy atom. The van der Waals surface area contributed by atoms with Crippen molar-refractivity contribution in [1.29, 1.82) is 0 Å². The zero-order valence-electron chi connectivity index (χ0n) is 10.6. The maximum absolute atomic E-state index is 11.4. The number of anilines is 1. The van der Waals surface area contributed by atoms with Crippen LogP contribution >= 0.6 is 0 Å².